The van der Waals surface area contributed by atoms with Gasteiger partial charge in [0.05, 0.1) is 6.61 Å². The number of rotatable bonds is 7. The second kappa shape index (κ2) is 7.90. The Labute approximate surface area is 129 Å². The fraction of sp³-hybridized carbons (Fsp3) is 0.333. The minimum absolute atomic E-state index is 0.193. The first-order valence-electron chi connectivity index (χ1n) is 7.50. The van der Waals surface area contributed by atoms with Gasteiger partial charge in [-0.1, -0.05) is 25.1 Å². The van der Waals surface area contributed by atoms with Crippen molar-refractivity contribution in [1.82, 2.24) is 0 Å². The highest BCUT2D eigenvalue weighted by Crippen LogP contribution is 2.25. The van der Waals surface area contributed by atoms with Crippen molar-refractivity contribution in [1.29, 1.82) is 0 Å². The molecule has 4 heteroatoms. The molecule has 0 aliphatic heterocycles. The van der Waals surface area contributed by atoms with Gasteiger partial charge in [-0.05, 0) is 48.7 Å². The van der Waals surface area contributed by atoms with Crippen molar-refractivity contribution in [3.63, 3.8) is 0 Å². The third-order valence-electron chi connectivity index (χ3n) is 3.54. The second-order valence-electron chi connectivity index (χ2n) is 5.30. The molecule has 0 amide bonds. The lowest BCUT2D eigenvalue weighted by Crippen LogP contribution is -2.16. The van der Waals surface area contributed by atoms with Gasteiger partial charge in [-0.25, -0.2) is 8.78 Å². The van der Waals surface area contributed by atoms with Crippen LogP contribution in [0.2, 0.25) is 0 Å². The lowest BCUT2D eigenvalue weighted by molar-refractivity contribution is 0.317. The van der Waals surface area contributed by atoms with E-state index in [0.29, 0.717) is 25.1 Å². The average Bonchev–Trinajstić information content (AvgIpc) is 2.51. The van der Waals surface area contributed by atoms with Gasteiger partial charge < -0.3 is 10.5 Å². The van der Waals surface area contributed by atoms with Crippen LogP contribution in [0.4, 0.5) is 8.78 Å². The maximum atomic E-state index is 13.9. The van der Waals surface area contributed by atoms with E-state index in [0.717, 1.165) is 23.8 Å². The normalized spacial score (nSPS) is 12.2. The van der Waals surface area contributed by atoms with Crippen molar-refractivity contribution < 1.29 is 13.5 Å². The van der Waals surface area contributed by atoms with Crippen molar-refractivity contribution >= 4 is 0 Å². The zero-order valence-corrected chi connectivity index (χ0v) is 12.7. The summed E-state index contributed by atoms with van der Waals surface area (Å²) in [5.74, 6) is -0.516. The van der Waals surface area contributed by atoms with Crippen LogP contribution in [0.1, 0.15) is 30.4 Å². The standard InChI is InChI=1S/C18H21F2NO/c1-2-8-22-16-5-3-4-13(10-16)9-14(12-21)17-7-6-15(19)11-18(17)20/h3-7,10-11,14H,2,8-9,12,21H2,1H3. The minimum atomic E-state index is -0.577. The molecule has 0 bridgehead atoms. The molecule has 0 aliphatic carbocycles. The molecule has 0 saturated heterocycles. The lowest BCUT2D eigenvalue weighted by atomic mass is 9.91. The molecule has 22 heavy (non-hydrogen) atoms. The molecule has 2 N–H and O–H groups in total. The molecule has 0 radical (unpaired) electrons. The number of hydrogen-bond acceptors (Lipinski definition) is 2. The monoisotopic (exact) mass is 305 g/mol. The van der Waals surface area contributed by atoms with Gasteiger partial charge in [0.15, 0.2) is 0 Å². The second-order valence-corrected chi connectivity index (χ2v) is 5.30. The number of ether oxygens (including phenoxy) is 1. The Bertz CT molecular complexity index is 616. The molecular weight excluding hydrogens is 284 g/mol. The van der Waals surface area contributed by atoms with Crippen LogP contribution in [0.3, 0.4) is 0 Å². The van der Waals surface area contributed by atoms with Gasteiger partial charge in [-0.2, -0.15) is 0 Å². The van der Waals surface area contributed by atoms with E-state index < -0.39 is 11.6 Å². The zero-order valence-electron chi connectivity index (χ0n) is 12.7. The molecule has 0 aliphatic rings. The molecule has 0 heterocycles. The summed E-state index contributed by atoms with van der Waals surface area (Å²) in [6, 6.07) is 11.4. The molecule has 0 saturated carbocycles. The first-order chi connectivity index (χ1) is 10.6. The molecule has 0 spiro atoms. The maximum Gasteiger partial charge on any atom is 0.129 e. The smallest absolute Gasteiger partial charge is 0.129 e. The SMILES string of the molecule is CCCOc1cccc(CC(CN)c2ccc(F)cc2F)c1. The number of nitrogens with two attached hydrogens (primary N) is 1. The van der Waals surface area contributed by atoms with E-state index in [-0.39, 0.29) is 5.92 Å². The van der Waals surface area contributed by atoms with Gasteiger partial charge in [0.25, 0.3) is 0 Å². The summed E-state index contributed by atoms with van der Waals surface area (Å²) < 4.78 is 32.5. The molecule has 0 fully saturated rings. The average molecular weight is 305 g/mol. The van der Waals surface area contributed by atoms with Crippen molar-refractivity contribution in [2.75, 3.05) is 13.2 Å². The quantitative estimate of drug-likeness (QED) is 0.838. The van der Waals surface area contributed by atoms with Crippen LogP contribution in [0.25, 0.3) is 0 Å². The summed E-state index contributed by atoms with van der Waals surface area (Å²) in [4.78, 5) is 0. The van der Waals surface area contributed by atoms with Gasteiger partial charge in [-0.3, -0.25) is 0 Å². The van der Waals surface area contributed by atoms with Crippen LogP contribution in [0.15, 0.2) is 42.5 Å². The van der Waals surface area contributed by atoms with E-state index >= 15 is 0 Å². The van der Waals surface area contributed by atoms with Crippen LogP contribution in [0, 0.1) is 11.6 Å². The van der Waals surface area contributed by atoms with Crippen molar-refractivity contribution in [3.8, 4) is 5.75 Å². The molecule has 0 aromatic heterocycles. The minimum Gasteiger partial charge on any atom is -0.494 e. The van der Waals surface area contributed by atoms with E-state index in [1.807, 2.05) is 31.2 Å². The fourth-order valence-corrected chi connectivity index (χ4v) is 2.42. The maximum absolute atomic E-state index is 13.9. The third kappa shape index (κ3) is 4.28. The largest absolute Gasteiger partial charge is 0.494 e. The number of halogens is 2. The fourth-order valence-electron chi connectivity index (χ4n) is 2.42. The first kappa shape index (κ1) is 16.4. The Morgan fingerprint density at radius 1 is 1.14 bits per heavy atom. The van der Waals surface area contributed by atoms with Crippen molar-refractivity contribution in [2.24, 2.45) is 5.73 Å². The molecule has 118 valence electrons. The van der Waals surface area contributed by atoms with Gasteiger partial charge >= 0.3 is 0 Å². The van der Waals surface area contributed by atoms with Crippen LogP contribution >= 0.6 is 0 Å². The summed E-state index contributed by atoms with van der Waals surface area (Å²) in [6.45, 7) is 3.00. The third-order valence-corrected chi connectivity index (χ3v) is 3.54. The van der Waals surface area contributed by atoms with E-state index in [4.69, 9.17) is 10.5 Å². The Hall–Kier alpha value is -1.94. The van der Waals surface area contributed by atoms with Crippen molar-refractivity contribution in [3.05, 3.63) is 65.2 Å². The molecule has 2 rings (SSSR count). The van der Waals surface area contributed by atoms with E-state index in [1.165, 1.54) is 12.1 Å². The lowest BCUT2D eigenvalue weighted by Gasteiger charge is -2.17. The van der Waals surface area contributed by atoms with Gasteiger partial charge in [0, 0.05) is 12.0 Å². The Morgan fingerprint density at radius 3 is 2.64 bits per heavy atom. The van der Waals surface area contributed by atoms with E-state index in [1.54, 1.807) is 0 Å². The molecule has 1 unspecified atom stereocenters. The van der Waals surface area contributed by atoms with Gasteiger partial charge in [0.2, 0.25) is 0 Å². The Kier molecular flexibility index (Phi) is 5.90. The highest BCUT2D eigenvalue weighted by Gasteiger charge is 2.16. The highest BCUT2D eigenvalue weighted by atomic mass is 19.1. The number of benzene rings is 2. The molecular formula is C18H21F2NO. The summed E-state index contributed by atoms with van der Waals surface area (Å²) in [7, 11) is 0. The molecule has 2 aromatic rings. The van der Waals surface area contributed by atoms with Crippen LogP contribution in [-0.4, -0.2) is 13.2 Å². The Morgan fingerprint density at radius 2 is 1.95 bits per heavy atom. The van der Waals surface area contributed by atoms with Gasteiger partial charge in [-0.15, -0.1) is 0 Å². The van der Waals surface area contributed by atoms with Crippen LogP contribution < -0.4 is 10.5 Å². The summed E-state index contributed by atoms with van der Waals surface area (Å²) in [5.41, 5.74) is 7.26. The predicted octanol–water partition coefficient (Wildman–Crippen LogP) is 4.04. The highest BCUT2D eigenvalue weighted by molar-refractivity contribution is 5.31. The van der Waals surface area contributed by atoms with Crippen LogP contribution in [-0.2, 0) is 6.42 Å². The van der Waals surface area contributed by atoms with E-state index in [2.05, 4.69) is 0 Å². The molecule has 2 nitrogen and oxygen atoms in total. The van der Waals surface area contributed by atoms with Crippen molar-refractivity contribution in [2.45, 2.75) is 25.7 Å². The Balaban J connectivity index is 2.16. The first-order valence-corrected chi connectivity index (χ1v) is 7.50. The van der Waals surface area contributed by atoms with Crippen LogP contribution in [0.5, 0.6) is 5.75 Å². The molecule has 2 aromatic carbocycles. The molecule has 1 atom stereocenters. The summed E-state index contributed by atoms with van der Waals surface area (Å²) >= 11 is 0. The number of hydrogen-bond donors (Lipinski definition) is 1. The van der Waals surface area contributed by atoms with E-state index in [9.17, 15) is 8.78 Å². The van der Waals surface area contributed by atoms with Gasteiger partial charge in [0.1, 0.15) is 17.4 Å². The summed E-state index contributed by atoms with van der Waals surface area (Å²) in [5, 5.41) is 0. The predicted molar refractivity (Wildman–Crippen MR) is 84.1 cm³/mol. The topological polar surface area (TPSA) is 35.2 Å². The summed E-state index contributed by atoms with van der Waals surface area (Å²) in [6.07, 6.45) is 1.53. The zero-order chi connectivity index (χ0) is 15.9.